The molecule has 0 spiro atoms. The standard InChI is InChI=1S/C17H27F2NO/c1-3-4-5-6-7-8-9-21-17-15(18)11-14(10-13(2)20)12-16(17)19/h11-13H,3-10,20H2,1-2H3. The molecule has 21 heavy (non-hydrogen) atoms. The van der Waals surface area contributed by atoms with Crippen molar-refractivity contribution in [2.24, 2.45) is 5.73 Å². The van der Waals surface area contributed by atoms with Crippen molar-refractivity contribution in [1.29, 1.82) is 0 Å². The van der Waals surface area contributed by atoms with Gasteiger partial charge in [-0.2, -0.15) is 0 Å². The third-order valence-corrected chi connectivity index (χ3v) is 3.36. The molecule has 0 amide bonds. The molecular formula is C17H27F2NO. The van der Waals surface area contributed by atoms with Crippen LogP contribution in [0.15, 0.2) is 12.1 Å². The Morgan fingerprint density at radius 1 is 1.05 bits per heavy atom. The van der Waals surface area contributed by atoms with Crippen LogP contribution in [0.4, 0.5) is 8.78 Å². The second kappa shape index (κ2) is 9.72. The van der Waals surface area contributed by atoms with Crippen molar-refractivity contribution in [2.45, 2.75) is 64.8 Å². The van der Waals surface area contributed by atoms with E-state index < -0.39 is 11.6 Å². The number of rotatable bonds is 10. The molecule has 0 radical (unpaired) electrons. The van der Waals surface area contributed by atoms with Gasteiger partial charge in [0.25, 0.3) is 0 Å². The second-order valence-electron chi connectivity index (χ2n) is 5.69. The number of ether oxygens (including phenoxy) is 1. The molecule has 2 N–H and O–H groups in total. The lowest BCUT2D eigenvalue weighted by Crippen LogP contribution is -2.18. The molecule has 0 heterocycles. The van der Waals surface area contributed by atoms with Gasteiger partial charge in [-0.25, -0.2) is 8.78 Å². The maximum atomic E-state index is 13.8. The molecule has 0 bridgehead atoms. The normalized spacial score (nSPS) is 12.4. The summed E-state index contributed by atoms with van der Waals surface area (Å²) in [4.78, 5) is 0. The van der Waals surface area contributed by atoms with Gasteiger partial charge in [-0.15, -0.1) is 0 Å². The number of halogens is 2. The minimum atomic E-state index is -0.642. The molecule has 2 nitrogen and oxygen atoms in total. The maximum absolute atomic E-state index is 13.8. The van der Waals surface area contributed by atoms with Crippen molar-refractivity contribution >= 4 is 0 Å². The summed E-state index contributed by atoms with van der Waals surface area (Å²) in [7, 11) is 0. The smallest absolute Gasteiger partial charge is 0.190 e. The minimum Gasteiger partial charge on any atom is -0.488 e. The predicted molar refractivity (Wildman–Crippen MR) is 82.6 cm³/mol. The highest BCUT2D eigenvalue weighted by Crippen LogP contribution is 2.24. The van der Waals surface area contributed by atoms with E-state index in [2.05, 4.69) is 6.92 Å². The van der Waals surface area contributed by atoms with Crippen molar-refractivity contribution in [1.82, 2.24) is 0 Å². The molecular weight excluding hydrogens is 272 g/mol. The Kier molecular flexibility index (Phi) is 8.28. The van der Waals surface area contributed by atoms with Gasteiger partial charge in [-0.05, 0) is 37.5 Å². The van der Waals surface area contributed by atoms with Crippen LogP contribution in [0.2, 0.25) is 0 Å². The van der Waals surface area contributed by atoms with Crippen molar-refractivity contribution in [3.05, 3.63) is 29.3 Å². The number of hydrogen-bond acceptors (Lipinski definition) is 2. The first-order chi connectivity index (χ1) is 10.0. The molecule has 0 saturated carbocycles. The highest BCUT2D eigenvalue weighted by molar-refractivity contribution is 5.31. The van der Waals surface area contributed by atoms with E-state index in [1.165, 1.54) is 31.4 Å². The Morgan fingerprint density at radius 3 is 2.19 bits per heavy atom. The van der Waals surface area contributed by atoms with Crippen LogP contribution in [0.25, 0.3) is 0 Å². The molecule has 1 aromatic carbocycles. The highest BCUT2D eigenvalue weighted by Gasteiger charge is 2.13. The quantitative estimate of drug-likeness (QED) is 0.641. The summed E-state index contributed by atoms with van der Waals surface area (Å²) < 4.78 is 32.9. The monoisotopic (exact) mass is 299 g/mol. The van der Waals surface area contributed by atoms with Crippen LogP contribution in [0.5, 0.6) is 5.75 Å². The van der Waals surface area contributed by atoms with E-state index >= 15 is 0 Å². The van der Waals surface area contributed by atoms with Crippen molar-refractivity contribution in [2.75, 3.05) is 6.61 Å². The minimum absolute atomic E-state index is 0.126. The molecule has 0 aliphatic heterocycles. The van der Waals surface area contributed by atoms with E-state index in [9.17, 15) is 8.78 Å². The van der Waals surface area contributed by atoms with Crippen molar-refractivity contribution < 1.29 is 13.5 Å². The Morgan fingerprint density at radius 2 is 1.62 bits per heavy atom. The molecule has 0 aliphatic rings. The van der Waals surface area contributed by atoms with Crippen LogP contribution in [0, 0.1) is 11.6 Å². The Labute approximate surface area is 126 Å². The number of nitrogens with two attached hydrogens (primary N) is 1. The van der Waals surface area contributed by atoms with Crippen LogP contribution >= 0.6 is 0 Å². The van der Waals surface area contributed by atoms with Crippen LogP contribution in [0.1, 0.15) is 57.9 Å². The average Bonchev–Trinajstić information content (AvgIpc) is 2.39. The molecule has 0 saturated heterocycles. The SMILES string of the molecule is CCCCCCCCOc1c(F)cc(CC(C)N)cc1F. The summed E-state index contributed by atoms with van der Waals surface area (Å²) in [6.07, 6.45) is 7.12. The third kappa shape index (κ3) is 6.89. The number of benzene rings is 1. The molecule has 1 rings (SSSR count). The van der Waals surface area contributed by atoms with Crippen LogP contribution < -0.4 is 10.5 Å². The van der Waals surface area contributed by atoms with E-state index in [4.69, 9.17) is 10.5 Å². The largest absolute Gasteiger partial charge is 0.488 e. The van der Waals surface area contributed by atoms with E-state index in [1.54, 1.807) is 6.92 Å². The molecule has 0 fully saturated rings. The van der Waals surface area contributed by atoms with Gasteiger partial charge >= 0.3 is 0 Å². The van der Waals surface area contributed by atoms with Crippen LogP contribution in [-0.2, 0) is 6.42 Å². The first-order valence-electron chi connectivity index (χ1n) is 7.91. The molecule has 0 aliphatic carbocycles. The molecule has 120 valence electrons. The van der Waals surface area contributed by atoms with Crippen LogP contribution in [0.3, 0.4) is 0 Å². The maximum Gasteiger partial charge on any atom is 0.190 e. The summed E-state index contributed by atoms with van der Waals surface area (Å²) in [6.45, 7) is 4.33. The Balaban J connectivity index is 2.41. The first kappa shape index (κ1) is 17.9. The molecule has 4 heteroatoms. The summed E-state index contributed by atoms with van der Waals surface area (Å²) in [5.41, 5.74) is 6.20. The summed E-state index contributed by atoms with van der Waals surface area (Å²) in [5.74, 6) is -1.55. The zero-order valence-corrected chi connectivity index (χ0v) is 13.1. The van der Waals surface area contributed by atoms with Crippen molar-refractivity contribution in [3.8, 4) is 5.75 Å². The second-order valence-corrected chi connectivity index (χ2v) is 5.69. The number of unbranched alkanes of at least 4 members (excludes halogenated alkanes) is 5. The fraction of sp³-hybridized carbons (Fsp3) is 0.647. The lowest BCUT2D eigenvalue weighted by Gasteiger charge is -2.11. The van der Waals surface area contributed by atoms with Gasteiger partial charge in [0.15, 0.2) is 17.4 Å². The summed E-state index contributed by atoms with van der Waals surface area (Å²) in [6, 6.07) is 2.49. The van der Waals surface area contributed by atoms with Gasteiger partial charge in [0.2, 0.25) is 0 Å². The molecule has 1 atom stereocenters. The Bertz CT molecular complexity index is 398. The zero-order valence-electron chi connectivity index (χ0n) is 13.1. The van der Waals surface area contributed by atoms with Gasteiger partial charge in [0.1, 0.15) is 0 Å². The Hall–Kier alpha value is -1.16. The van der Waals surface area contributed by atoms with Gasteiger partial charge < -0.3 is 10.5 Å². The molecule has 0 aromatic heterocycles. The predicted octanol–water partition coefficient (Wildman–Crippen LogP) is 4.59. The highest BCUT2D eigenvalue weighted by atomic mass is 19.1. The topological polar surface area (TPSA) is 35.2 Å². The summed E-state index contributed by atoms with van der Waals surface area (Å²) in [5, 5.41) is 0. The summed E-state index contributed by atoms with van der Waals surface area (Å²) >= 11 is 0. The third-order valence-electron chi connectivity index (χ3n) is 3.36. The van der Waals surface area contributed by atoms with E-state index in [0.717, 1.165) is 19.3 Å². The van der Waals surface area contributed by atoms with Gasteiger partial charge in [0, 0.05) is 6.04 Å². The zero-order chi connectivity index (χ0) is 15.7. The fourth-order valence-corrected chi connectivity index (χ4v) is 2.30. The average molecular weight is 299 g/mol. The first-order valence-corrected chi connectivity index (χ1v) is 7.91. The van der Waals surface area contributed by atoms with Crippen molar-refractivity contribution in [3.63, 3.8) is 0 Å². The van der Waals surface area contributed by atoms with Crippen LogP contribution in [-0.4, -0.2) is 12.6 Å². The fourth-order valence-electron chi connectivity index (χ4n) is 2.30. The van der Waals surface area contributed by atoms with E-state index in [0.29, 0.717) is 18.6 Å². The lowest BCUT2D eigenvalue weighted by molar-refractivity contribution is 0.274. The number of hydrogen-bond donors (Lipinski definition) is 1. The molecule has 1 aromatic rings. The van der Waals surface area contributed by atoms with Gasteiger partial charge in [0.05, 0.1) is 6.61 Å². The molecule has 1 unspecified atom stereocenters. The van der Waals surface area contributed by atoms with Gasteiger partial charge in [-0.1, -0.05) is 39.0 Å². The van der Waals surface area contributed by atoms with E-state index in [1.807, 2.05) is 0 Å². The van der Waals surface area contributed by atoms with Gasteiger partial charge in [-0.3, -0.25) is 0 Å². The van der Waals surface area contributed by atoms with E-state index in [-0.39, 0.29) is 11.8 Å². The lowest BCUT2D eigenvalue weighted by atomic mass is 10.1.